The van der Waals surface area contributed by atoms with Gasteiger partial charge in [-0.3, -0.25) is 10.1 Å². The Hall–Kier alpha value is -2.95. The van der Waals surface area contributed by atoms with Crippen LogP contribution < -0.4 is 0 Å². The minimum Gasteiger partial charge on any atom is -0.462 e. The molecule has 2 heterocycles. The van der Waals surface area contributed by atoms with Crippen molar-refractivity contribution in [3.63, 3.8) is 0 Å². The maximum absolute atomic E-state index is 12.6. The van der Waals surface area contributed by atoms with Crippen molar-refractivity contribution in [2.24, 2.45) is 0 Å². The Morgan fingerprint density at radius 1 is 0.676 bits per heavy atom. The molecular weight excluding hydrogens is 472 g/mol. The lowest BCUT2D eigenvalue weighted by Gasteiger charge is -2.09. The minimum atomic E-state index is -0.792. The molecule has 37 heavy (non-hydrogen) atoms. The predicted molar refractivity (Wildman–Crippen MR) is 142 cm³/mol. The summed E-state index contributed by atoms with van der Waals surface area (Å²) in [5.74, 6) is 5.07. The molecule has 0 atom stereocenters. The summed E-state index contributed by atoms with van der Waals surface area (Å²) in [6.07, 6.45) is 20.3. The third-order valence-electron chi connectivity index (χ3n) is 6.48. The molecule has 0 saturated carbocycles. The van der Waals surface area contributed by atoms with Gasteiger partial charge in [0, 0.05) is 18.9 Å². The summed E-state index contributed by atoms with van der Waals surface area (Å²) < 4.78 is 10.6. The lowest BCUT2D eigenvalue weighted by Crippen LogP contribution is -2.17. The van der Waals surface area contributed by atoms with Crippen LogP contribution in [0.1, 0.15) is 136 Å². The van der Waals surface area contributed by atoms with Crippen molar-refractivity contribution in [2.45, 2.75) is 116 Å². The summed E-state index contributed by atoms with van der Waals surface area (Å²) in [6, 6.07) is 1.04. The smallest absolute Gasteiger partial charge is 0.357 e. The molecule has 1 aromatic rings. The molecule has 0 aliphatic carbocycles. The normalized spacial score (nSPS) is 19.0. The summed E-state index contributed by atoms with van der Waals surface area (Å²) in [5, 5.41) is 11.2. The molecule has 0 amide bonds. The fourth-order valence-electron chi connectivity index (χ4n) is 4.28. The number of nitrogens with zero attached hydrogens (tertiary/aromatic N) is 2. The molecule has 1 aromatic heterocycles. The number of ether oxygens (including phenoxy) is 2. The van der Waals surface area contributed by atoms with E-state index in [1.165, 1.54) is 51.4 Å². The molecule has 0 N–H and O–H groups in total. The second-order valence-corrected chi connectivity index (χ2v) is 9.63. The molecule has 0 aromatic carbocycles. The van der Waals surface area contributed by atoms with E-state index in [0.717, 1.165) is 63.6 Å². The highest BCUT2D eigenvalue weighted by Gasteiger charge is 2.24. The van der Waals surface area contributed by atoms with Gasteiger partial charge < -0.3 is 9.47 Å². The summed E-state index contributed by atoms with van der Waals surface area (Å²) in [6.45, 7) is 0.402. The highest BCUT2D eigenvalue weighted by atomic mass is 16.6. The number of pyridine rings is 1. The molecule has 204 valence electrons. The summed E-state index contributed by atoms with van der Waals surface area (Å²) in [7, 11) is 0. The first-order valence-electron chi connectivity index (χ1n) is 14.0. The average Bonchev–Trinajstić information content (AvgIpc) is 2.89. The number of cyclic esters (lactones) is 2. The van der Waals surface area contributed by atoms with E-state index in [-0.39, 0.29) is 30.2 Å². The van der Waals surface area contributed by atoms with Gasteiger partial charge >= 0.3 is 11.9 Å². The molecule has 1 aliphatic heterocycles. The van der Waals surface area contributed by atoms with Gasteiger partial charge in [-0.15, -0.1) is 11.8 Å². The highest BCUT2D eigenvalue weighted by Crippen LogP contribution is 2.18. The Kier molecular flexibility index (Phi) is 15.7. The van der Waals surface area contributed by atoms with Crippen LogP contribution in [0, 0.1) is 22.0 Å². The molecule has 0 fully saturated rings. The largest absolute Gasteiger partial charge is 0.462 e. The Morgan fingerprint density at radius 2 is 1.11 bits per heavy atom. The van der Waals surface area contributed by atoms with E-state index in [4.69, 9.17) is 9.47 Å². The second-order valence-electron chi connectivity index (χ2n) is 9.63. The third kappa shape index (κ3) is 13.2. The quantitative estimate of drug-likeness (QED) is 0.167. The first kappa shape index (κ1) is 30.3. The van der Waals surface area contributed by atoms with Crippen molar-refractivity contribution in [1.29, 1.82) is 0 Å². The van der Waals surface area contributed by atoms with Gasteiger partial charge in [0.2, 0.25) is 0 Å². The molecule has 0 saturated heterocycles. The highest BCUT2D eigenvalue weighted by molar-refractivity contribution is 6.02. The van der Waals surface area contributed by atoms with Gasteiger partial charge in [-0.2, -0.15) is 0 Å². The number of hydrogen-bond donors (Lipinski definition) is 0. The number of fused-ring (bicyclic) bond motifs is 1. The van der Waals surface area contributed by atoms with E-state index in [0.29, 0.717) is 12.8 Å². The van der Waals surface area contributed by atoms with E-state index in [9.17, 15) is 19.7 Å². The van der Waals surface area contributed by atoms with E-state index in [1.807, 2.05) is 0 Å². The van der Waals surface area contributed by atoms with Crippen LogP contribution in [0.2, 0.25) is 0 Å². The van der Waals surface area contributed by atoms with Gasteiger partial charge in [-0.05, 0) is 25.7 Å². The number of carbonyl (C=O) groups excluding carboxylic acids is 2. The van der Waals surface area contributed by atoms with Gasteiger partial charge in [0.05, 0.1) is 23.7 Å². The van der Waals surface area contributed by atoms with Crippen LogP contribution in [0.15, 0.2) is 12.3 Å². The Balaban J connectivity index is 1.90. The van der Waals surface area contributed by atoms with Gasteiger partial charge in [0.1, 0.15) is 6.20 Å². The van der Waals surface area contributed by atoms with Crippen LogP contribution in [0.5, 0.6) is 0 Å². The van der Waals surface area contributed by atoms with E-state index >= 15 is 0 Å². The van der Waals surface area contributed by atoms with Gasteiger partial charge in [0.25, 0.3) is 5.69 Å². The molecule has 1 aliphatic rings. The fraction of sp³-hybridized carbons (Fsp3) is 0.690. The zero-order valence-electron chi connectivity index (χ0n) is 22.1. The van der Waals surface area contributed by atoms with Crippen LogP contribution in [-0.4, -0.2) is 35.1 Å². The maximum Gasteiger partial charge on any atom is 0.357 e. The lowest BCUT2D eigenvalue weighted by atomic mass is 10.1. The minimum absolute atomic E-state index is 0.189. The van der Waals surface area contributed by atoms with Crippen molar-refractivity contribution < 1.29 is 24.0 Å². The molecule has 0 unspecified atom stereocenters. The summed E-state index contributed by atoms with van der Waals surface area (Å²) >= 11 is 0. The zero-order valence-corrected chi connectivity index (χ0v) is 22.1. The number of aromatic nitrogens is 1. The van der Waals surface area contributed by atoms with Gasteiger partial charge in [-0.25, -0.2) is 14.6 Å². The summed E-state index contributed by atoms with van der Waals surface area (Å²) in [5.41, 5.74) is -0.841. The molecule has 2 rings (SSSR count). The van der Waals surface area contributed by atoms with Crippen LogP contribution in [-0.2, 0) is 9.47 Å². The van der Waals surface area contributed by atoms with Gasteiger partial charge in [-0.1, -0.05) is 77.0 Å². The average molecular weight is 515 g/mol. The Morgan fingerprint density at radius 3 is 1.59 bits per heavy atom. The van der Waals surface area contributed by atoms with Gasteiger partial charge in [0.15, 0.2) is 5.69 Å². The Bertz CT molecular complexity index is 905. The molecule has 0 bridgehead atoms. The van der Waals surface area contributed by atoms with E-state index in [1.54, 1.807) is 0 Å². The van der Waals surface area contributed by atoms with Crippen molar-refractivity contribution >= 4 is 17.6 Å². The number of nitro groups is 1. The molecule has 8 nitrogen and oxygen atoms in total. The van der Waals surface area contributed by atoms with Crippen LogP contribution in [0.4, 0.5) is 5.69 Å². The van der Waals surface area contributed by atoms with Crippen molar-refractivity contribution in [2.75, 3.05) is 13.2 Å². The zero-order chi connectivity index (χ0) is 26.6. The lowest BCUT2D eigenvalue weighted by molar-refractivity contribution is -0.385. The van der Waals surface area contributed by atoms with E-state index < -0.39 is 16.9 Å². The first-order chi connectivity index (χ1) is 18.1. The Labute approximate surface area is 221 Å². The summed E-state index contributed by atoms with van der Waals surface area (Å²) in [4.78, 5) is 39.6. The SMILES string of the molecule is O=C1OCCCCCCCCCCC#CCCCCCCCCCCOC(=O)c2ncc([N+](=O)[O-])cc21. The number of hydrogen-bond acceptors (Lipinski definition) is 7. The third-order valence-corrected chi connectivity index (χ3v) is 6.48. The monoisotopic (exact) mass is 514 g/mol. The molecule has 0 spiro atoms. The number of esters is 2. The first-order valence-corrected chi connectivity index (χ1v) is 14.0. The van der Waals surface area contributed by atoms with E-state index in [2.05, 4.69) is 16.8 Å². The van der Waals surface area contributed by atoms with Crippen LogP contribution in [0.3, 0.4) is 0 Å². The van der Waals surface area contributed by atoms with Crippen molar-refractivity contribution in [3.05, 3.63) is 33.6 Å². The molecule has 0 radical (unpaired) electrons. The van der Waals surface area contributed by atoms with Crippen molar-refractivity contribution in [1.82, 2.24) is 4.98 Å². The predicted octanol–water partition coefficient (Wildman–Crippen LogP) is 7.34. The van der Waals surface area contributed by atoms with Crippen molar-refractivity contribution in [3.8, 4) is 11.8 Å². The van der Waals surface area contributed by atoms with Crippen LogP contribution in [0.25, 0.3) is 0 Å². The number of carbonyl (C=O) groups is 2. The topological polar surface area (TPSA) is 109 Å². The maximum atomic E-state index is 12.6. The molecule has 8 heteroatoms. The van der Waals surface area contributed by atoms with Crippen LogP contribution >= 0.6 is 0 Å². The second kappa shape index (κ2) is 19.2. The molecular formula is C29H42N2O6. The number of rotatable bonds is 1. The fourth-order valence-corrected chi connectivity index (χ4v) is 4.28. The standard InChI is InChI=1S/C29H42N2O6/c32-28-26-23-25(31(34)35)24-30-27(26)29(33)37-22-20-18-16-14-12-10-8-6-4-2-1-3-5-7-9-11-13-15-17-19-21-36-28/h23-24H,3-22H2.